The predicted octanol–water partition coefficient (Wildman–Crippen LogP) is 6.17. The number of methoxy groups -OCH3 is 2. The number of rotatable bonds is 19. The molecule has 1 N–H and O–H groups in total. The number of hydrogen-bond acceptors (Lipinski definition) is 7. The van der Waals surface area contributed by atoms with E-state index in [1.54, 1.807) is 14.2 Å². The summed E-state index contributed by atoms with van der Waals surface area (Å²) in [5, 5.41) is 2.94. The van der Waals surface area contributed by atoms with Crippen molar-refractivity contribution < 1.29 is 32.8 Å². The van der Waals surface area contributed by atoms with Gasteiger partial charge in [0.1, 0.15) is 37.0 Å². The van der Waals surface area contributed by atoms with E-state index < -0.39 is 11.5 Å². The molecule has 0 bridgehead atoms. The van der Waals surface area contributed by atoms with Crippen LogP contribution in [-0.4, -0.2) is 52.4 Å². The van der Waals surface area contributed by atoms with Gasteiger partial charge in [0.25, 0.3) is 0 Å². The second-order valence-electron chi connectivity index (χ2n) is 10.5. The minimum Gasteiger partial charge on any atom is -0.497 e. The summed E-state index contributed by atoms with van der Waals surface area (Å²) in [5.74, 6) is 0.603. The number of amides is 1. The maximum Gasteiger partial charge on any atom is 0.238 e. The van der Waals surface area contributed by atoms with Crippen LogP contribution >= 0.6 is 9.03 Å². The second kappa shape index (κ2) is 18.1. The van der Waals surface area contributed by atoms with E-state index in [0.717, 1.165) is 16.7 Å². The third kappa shape index (κ3) is 9.87. The summed E-state index contributed by atoms with van der Waals surface area (Å²) >= 11 is 0. The number of carbonyl (C=O) groups excluding carboxylic acids is 2. The molecule has 3 rings (SSSR count). The highest BCUT2D eigenvalue weighted by Crippen LogP contribution is 2.41. The van der Waals surface area contributed by atoms with Gasteiger partial charge in [-0.15, -0.1) is 0 Å². The molecule has 0 saturated carbocycles. The van der Waals surface area contributed by atoms with Gasteiger partial charge >= 0.3 is 0 Å². The first-order valence-corrected chi connectivity index (χ1v) is 15.2. The zero-order valence-electron chi connectivity index (χ0n) is 25.7. The standard InChI is InChI=1S/C34H41N2O7P/c1-25(2)21-26(22-30(37)23-43-44-42-20-19-35-3)33(38)36-24-41-34(27-9-7-6-8-10-27,28-11-15-31(39-4)16-12-28)29-13-17-32(40-5)18-14-29/h6-18,25-26,44H,19-24H2,1-2,4-5H3,(H,36,38)/t26-/m1/s1. The molecule has 0 aromatic heterocycles. The van der Waals surface area contributed by atoms with Crippen LogP contribution in [0.4, 0.5) is 0 Å². The fourth-order valence-corrected chi connectivity index (χ4v) is 5.38. The summed E-state index contributed by atoms with van der Waals surface area (Å²) in [6, 6.07) is 25.1. The van der Waals surface area contributed by atoms with Crippen molar-refractivity contribution in [1.29, 1.82) is 0 Å². The first-order chi connectivity index (χ1) is 21.3. The van der Waals surface area contributed by atoms with Crippen LogP contribution in [0.3, 0.4) is 0 Å². The topological polar surface area (TPSA) is 96.7 Å². The van der Waals surface area contributed by atoms with Gasteiger partial charge < -0.3 is 33.4 Å². The summed E-state index contributed by atoms with van der Waals surface area (Å²) in [4.78, 5) is 29.3. The number of nitrogens with one attached hydrogen (secondary N) is 1. The van der Waals surface area contributed by atoms with Gasteiger partial charge in [0.05, 0.1) is 14.2 Å². The van der Waals surface area contributed by atoms with E-state index in [-0.39, 0.29) is 59.6 Å². The lowest BCUT2D eigenvalue weighted by molar-refractivity contribution is -0.133. The molecule has 0 saturated heterocycles. The van der Waals surface area contributed by atoms with Gasteiger partial charge in [0.15, 0.2) is 14.8 Å². The minimum absolute atomic E-state index is 0.0390. The van der Waals surface area contributed by atoms with Gasteiger partial charge in [-0.25, -0.2) is 6.57 Å². The van der Waals surface area contributed by atoms with Crippen LogP contribution in [0.15, 0.2) is 78.9 Å². The Morgan fingerprint density at radius 3 is 1.95 bits per heavy atom. The van der Waals surface area contributed by atoms with E-state index in [0.29, 0.717) is 17.9 Å². The lowest BCUT2D eigenvalue weighted by atomic mass is 9.80. The van der Waals surface area contributed by atoms with E-state index in [9.17, 15) is 9.59 Å². The Morgan fingerprint density at radius 2 is 1.43 bits per heavy atom. The summed E-state index contributed by atoms with van der Waals surface area (Å²) in [6.07, 6.45) is 0.569. The molecule has 0 aliphatic heterocycles. The predicted molar refractivity (Wildman–Crippen MR) is 171 cm³/mol. The molecule has 3 aromatic carbocycles. The first-order valence-electron chi connectivity index (χ1n) is 14.4. The van der Waals surface area contributed by atoms with E-state index >= 15 is 0 Å². The largest absolute Gasteiger partial charge is 0.497 e. The molecule has 0 spiro atoms. The average Bonchev–Trinajstić information content (AvgIpc) is 3.05. The Balaban J connectivity index is 1.83. The molecular formula is C34H41N2O7P. The summed E-state index contributed by atoms with van der Waals surface area (Å²) in [6.45, 7) is 11.0. The highest BCUT2D eigenvalue weighted by atomic mass is 31.1. The van der Waals surface area contributed by atoms with Gasteiger partial charge in [0.2, 0.25) is 12.5 Å². The van der Waals surface area contributed by atoms with Crippen LogP contribution in [-0.2, 0) is 29.0 Å². The summed E-state index contributed by atoms with van der Waals surface area (Å²) in [5.41, 5.74) is 1.47. The SMILES string of the molecule is [C-]#[N+]CCOPOCC(=O)C[C@@H](CC(C)C)C(=O)NCOC(c1ccccc1)(c1ccc(OC)cc1)c1ccc(OC)cc1. The molecule has 0 aliphatic carbocycles. The summed E-state index contributed by atoms with van der Waals surface area (Å²) in [7, 11) is 2.90. The second-order valence-corrected chi connectivity index (χ2v) is 11.2. The molecule has 1 amide bonds. The van der Waals surface area contributed by atoms with Crippen LogP contribution < -0.4 is 14.8 Å². The lowest BCUT2D eigenvalue weighted by Crippen LogP contribution is -2.40. The van der Waals surface area contributed by atoms with Crippen molar-refractivity contribution in [2.24, 2.45) is 11.8 Å². The van der Waals surface area contributed by atoms with E-state index in [1.165, 1.54) is 0 Å². The smallest absolute Gasteiger partial charge is 0.238 e. The molecule has 234 valence electrons. The summed E-state index contributed by atoms with van der Waals surface area (Å²) < 4.78 is 28.0. The molecule has 0 radical (unpaired) electrons. The van der Waals surface area contributed by atoms with Crippen molar-refractivity contribution in [2.45, 2.75) is 32.3 Å². The monoisotopic (exact) mass is 620 g/mol. The molecule has 0 aliphatic rings. The quantitative estimate of drug-likeness (QED) is 0.0563. The molecule has 9 nitrogen and oxygen atoms in total. The van der Waals surface area contributed by atoms with Gasteiger partial charge in [-0.3, -0.25) is 9.59 Å². The van der Waals surface area contributed by atoms with Gasteiger partial charge in [0, 0.05) is 12.3 Å². The molecule has 1 unspecified atom stereocenters. The first kappa shape index (κ1) is 34.7. The number of nitrogens with zero attached hydrogens (tertiary/aromatic N) is 1. The van der Waals surface area contributed by atoms with Crippen molar-refractivity contribution in [3.63, 3.8) is 0 Å². The van der Waals surface area contributed by atoms with E-state index in [4.69, 9.17) is 29.8 Å². The fraction of sp³-hybridized carbons (Fsp3) is 0.382. The van der Waals surface area contributed by atoms with Crippen molar-refractivity contribution >= 4 is 20.7 Å². The molecule has 0 fully saturated rings. The van der Waals surface area contributed by atoms with Crippen LogP contribution in [0.2, 0.25) is 0 Å². The Kier molecular flexibility index (Phi) is 14.3. The molecule has 10 heteroatoms. The molecule has 0 heterocycles. The molecule has 2 atom stereocenters. The van der Waals surface area contributed by atoms with Crippen LogP contribution in [0.5, 0.6) is 11.5 Å². The highest BCUT2D eigenvalue weighted by molar-refractivity contribution is 7.26. The fourth-order valence-electron chi connectivity index (χ4n) is 4.90. The maximum absolute atomic E-state index is 13.5. The number of Topliss-reactive ketones (excluding diaryl/α,β-unsaturated/α-hetero) is 1. The third-order valence-electron chi connectivity index (χ3n) is 6.97. The molecule has 44 heavy (non-hydrogen) atoms. The van der Waals surface area contributed by atoms with Crippen molar-refractivity contribution in [3.8, 4) is 11.5 Å². The molecule has 3 aromatic rings. The van der Waals surface area contributed by atoms with Crippen molar-refractivity contribution in [1.82, 2.24) is 5.32 Å². The van der Waals surface area contributed by atoms with Crippen LogP contribution in [0.25, 0.3) is 4.85 Å². The lowest BCUT2D eigenvalue weighted by Gasteiger charge is -2.36. The van der Waals surface area contributed by atoms with E-state index in [2.05, 4.69) is 10.2 Å². The number of ether oxygens (including phenoxy) is 3. The Morgan fingerprint density at radius 1 is 0.864 bits per heavy atom. The molecular weight excluding hydrogens is 579 g/mol. The number of hydrogen-bond donors (Lipinski definition) is 1. The Hall–Kier alpha value is -3.80. The average molecular weight is 621 g/mol. The Labute approximate surface area is 262 Å². The normalized spacial score (nSPS) is 12.2. The zero-order chi connectivity index (χ0) is 31.8. The highest BCUT2D eigenvalue weighted by Gasteiger charge is 2.38. The van der Waals surface area contributed by atoms with Crippen molar-refractivity contribution in [3.05, 3.63) is 107 Å². The third-order valence-corrected chi connectivity index (χ3v) is 7.55. The van der Waals surface area contributed by atoms with Crippen LogP contribution in [0.1, 0.15) is 43.4 Å². The Bertz CT molecular complexity index is 1300. The zero-order valence-corrected chi connectivity index (χ0v) is 26.7. The van der Waals surface area contributed by atoms with Gasteiger partial charge in [-0.1, -0.05) is 68.4 Å². The number of ketones is 1. The van der Waals surface area contributed by atoms with Gasteiger partial charge in [-0.2, -0.15) is 0 Å². The number of benzene rings is 3. The van der Waals surface area contributed by atoms with E-state index in [1.807, 2.05) is 92.7 Å². The minimum atomic E-state index is -1.08. The van der Waals surface area contributed by atoms with Crippen molar-refractivity contribution in [2.75, 3.05) is 40.7 Å². The van der Waals surface area contributed by atoms with Crippen LogP contribution in [0, 0.1) is 18.4 Å². The van der Waals surface area contributed by atoms with Gasteiger partial charge in [-0.05, 0) is 53.3 Å². The maximum atomic E-state index is 13.5. The number of carbonyl (C=O) groups is 2.